The van der Waals surface area contributed by atoms with Crippen LogP contribution in [0.3, 0.4) is 0 Å². The maximum absolute atomic E-state index is 12.8. The number of aryl methyl sites for hydroxylation is 2. The Hall–Kier alpha value is -2.56. The number of amides is 1. The lowest BCUT2D eigenvalue weighted by molar-refractivity contribution is 0.102. The molecule has 0 saturated carbocycles. The molecule has 158 valence electrons. The van der Waals surface area contributed by atoms with Gasteiger partial charge in [0.25, 0.3) is 11.5 Å². The minimum Gasteiger partial charge on any atom is -0.316 e. The van der Waals surface area contributed by atoms with Crippen molar-refractivity contribution >= 4 is 37.9 Å². The summed E-state index contributed by atoms with van der Waals surface area (Å²) in [4.78, 5) is 30.6. The molecular weight excluding hydrogens is 424 g/mol. The second kappa shape index (κ2) is 7.93. The second-order valence-electron chi connectivity index (χ2n) is 7.32. The normalized spacial score (nSPS) is 15.4. The monoisotopic (exact) mass is 446 g/mol. The van der Waals surface area contributed by atoms with Gasteiger partial charge in [-0.05, 0) is 51.0 Å². The van der Waals surface area contributed by atoms with Gasteiger partial charge >= 0.3 is 0 Å². The van der Waals surface area contributed by atoms with Crippen molar-refractivity contribution in [2.75, 3.05) is 18.4 Å². The number of aromatic nitrogens is 2. The number of thiazole rings is 1. The average molecular weight is 447 g/mol. The third-order valence-corrected chi connectivity index (χ3v) is 8.09. The molecule has 3 aromatic rings. The molecular formula is C20H22N4O4S2. The van der Waals surface area contributed by atoms with Gasteiger partial charge in [-0.1, -0.05) is 6.42 Å². The molecule has 10 heteroatoms. The first kappa shape index (κ1) is 20.7. The van der Waals surface area contributed by atoms with E-state index in [-0.39, 0.29) is 21.7 Å². The number of nitrogens with one attached hydrogen (secondary N) is 1. The van der Waals surface area contributed by atoms with Gasteiger partial charge in [0.05, 0.1) is 10.6 Å². The molecule has 4 rings (SSSR count). The highest BCUT2D eigenvalue weighted by Gasteiger charge is 2.26. The number of rotatable bonds is 4. The fourth-order valence-electron chi connectivity index (χ4n) is 3.55. The Kier molecular flexibility index (Phi) is 5.48. The van der Waals surface area contributed by atoms with Gasteiger partial charge in [0.2, 0.25) is 10.0 Å². The lowest BCUT2D eigenvalue weighted by Crippen LogP contribution is -2.35. The SMILES string of the molecule is Cc1nc2scc(C)n2c(=O)c1NC(=O)c1ccc(S(=O)(=O)N2CCCCC2)cc1. The van der Waals surface area contributed by atoms with E-state index in [1.807, 2.05) is 5.38 Å². The van der Waals surface area contributed by atoms with Crippen LogP contribution in [0, 0.1) is 13.8 Å². The molecule has 0 spiro atoms. The largest absolute Gasteiger partial charge is 0.316 e. The van der Waals surface area contributed by atoms with Crippen LogP contribution < -0.4 is 10.9 Å². The number of anilines is 1. The Balaban J connectivity index is 1.58. The molecule has 0 radical (unpaired) electrons. The molecule has 8 nitrogen and oxygen atoms in total. The minimum atomic E-state index is -3.56. The van der Waals surface area contributed by atoms with E-state index in [0.717, 1.165) is 25.0 Å². The number of fused-ring (bicyclic) bond motifs is 1. The molecule has 3 heterocycles. The summed E-state index contributed by atoms with van der Waals surface area (Å²) < 4.78 is 28.5. The van der Waals surface area contributed by atoms with Gasteiger partial charge in [0.15, 0.2) is 4.96 Å². The van der Waals surface area contributed by atoms with Gasteiger partial charge in [-0.25, -0.2) is 13.4 Å². The molecule has 1 saturated heterocycles. The first-order valence-electron chi connectivity index (χ1n) is 9.68. The van der Waals surface area contributed by atoms with Gasteiger partial charge in [0, 0.05) is 29.7 Å². The Morgan fingerprint density at radius 1 is 1.10 bits per heavy atom. The number of hydrogen-bond donors (Lipinski definition) is 1. The molecule has 1 aliphatic rings. The quantitative estimate of drug-likeness (QED) is 0.664. The molecule has 0 aliphatic carbocycles. The van der Waals surface area contributed by atoms with Crippen LogP contribution in [0.4, 0.5) is 5.69 Å². The Labute approximate surface area is 178 Å². The standard InChI is InChI=1S/C20H22N4O4S2/c1-13-12-29-20-21-14(2)17(19(26)24(13)20)22-18(25)15-6-8-16(9-7-15)30(27,28)23-10-4-3-5-11-23/h6-9,12H,3-5,10-11H2,1-2H3,(H,22,25). The maximum atomic E-state index is 12.8. The third kappa shape index (κ3) is 3.66. The topological polar surface area (TPSA) is 101 Å². The third-order valence-electron chi connectivity index (χ3n) is 5.23. The van der Waals surface area contributed by atoms with Crippen molar-refractivity contribution in [3.05, 3.63) is 57.0 Å². The molecule has 1 aromatic carbocycles. The molecule has 1 amide bonds. The number of hydrogen-bond acceptors (Lipinski definition) is 6. The minimum absolute atomic E-state index is 0.115. The van der Waals surface area contributed by atoms with Crippen LogP contribution in [0.25, 0.3) is 4.96 Å². The fraction of sp³-hybridized carbons (Fsp3) is 0.350. The van der Waals surface area contributed by atoms with Crippen molar-refractivity contribution < 1.29 is 13.2 Å². The predicted molar refractivity (Wildman–Crippen MR) is 116 cm³/mol. The number of carbonyl (C=O) groups is 1. The Bertz CT molecular complexity index is 1270. The van der Waals surface area contributed by atoms with Crippen LogP contribution in [-0.4, -0.2) is 41.1 Å². The summed E-state index contributed by atoms with van der Waals surface area (Å²) in [6, 6.07) is 5.79. The number of benzene rings is 1. The molecule has 0 unspecified atom stereocenters. The second-order valence-corrected chi connectivity index (χ2v) is 10.1. The Morgan fingerprint density at radius 3 is 2.43 bits per heavy atom. The van der Waals surface area contributed by atoms with Crippen LogP contribution in [0.2, 0.25) is 0 Å². The van der Waals surface area contributed by atoms with Crippen molar-refractivity contribution in [1.82, 2.24) is 13.7 Å². The van der Waals surface area contributed by atoms with E-state index in [4.69, 9.17) is 0 Å². The van der Waals surface area contributed by atoms with Crippen molar-refractivity contribution in [3.8, 4) is 0 Å². The van der Waals surface area contributed by atoms with Gasteiger partial charge in [-0.2, -0.15) is 4.31 Å². The zero-order valence-electron chi connectivity index (χ0n) is 16.7. The van der Waals surface area contributed by atoms with Gasteiger partial charge in [-0.3, -0.25) is 14.0 Å². The van der Waals surface area contributed by atoms with E-state index in [9.17, 15) is 18.0 Å². The van der Waals surface area contributed by atoms with Crippen LogP contribution in [0.1, 0.15) is 41.0 Å². The molecule has 1 N–H and O–H groups in total. The summed E-state index contributed by atoms with van der Waals surface area (Å²) in [5, 5.41) is 4.47. The van der Waals surface area contributed by atoms with Crippen LogP contribution in [0.15, 0.2) is 39.3 Å². The summed E-state index contributed by atoms with van der Waals surface area (Å²) in [5.74, 6) is -0.494. The number of nitrogens with zero attached hydrogens (tertiary/aromatic N) is 3. The van der Waals surface area contributed by atoms with Crippen LogP contribution >= 0.6 is 11.3 Å². The number of carbonyl (C=O) groups excluding carboxylic acids is 1. The fourth-order valence-corrected chi connectivity index (χ4v) is 5.97. The molecule has 0 bridgehead atoms. The Morgan fingerprint density at radius 2 is 1.77 bits per heavy atom. The van der Waals surface area contributed by atoms with E-state index in [2.05, 4.69) is 10.3 Å². The van der Waals surface area contributed by atoms with Crippen molar-refractivity contribution in [3.63, 3.8) is 0 Å². The zero-order chi connectivity index (χ0) is 21.5. The van der Waals surface area contributed by atoms with E-state index in [1.165, 1.54) is 44.3 Å². The van der Waals surface area contributed by atoms with Crippen molar-refractivity contribution in [2.24, 2.45) is 0 Å². The summed E-state index contributed by atoms with van der Waals surface area (Å²) in [6.45, 7) is 4.51. The first-order chi connectivity index (χ1) is 14.3. The van der Waals surface area contributed by atoms with Gasteiger partial charge < -0.3 is 5.32 Å². The van der Waals surface area contributed by atoms with E-state index >= 15 is 0 Å². The number of piperidine rings is 1. The number of sulfonamides is 1. The van der Waals surface area contributed by atoms with Crippen molar-refractivity contribution in [1.29, 1.82) is 0 Å². The predicted octanol–water partition coefficient (Wildman–Crippen LogP) is 2.80. The molecule has 1 aliphatic heterocycles. The first-order valence-corrected chi connectivity index (χ1v) is 12.0. The van der Waals surface area contributed by atoms with E-state index < -0.39 is 15.9 Å². The van der Waals surface area contributed by atoms with Crippen molar-refractivity contribution in [2.45, 2.75) is 38.0 Å². The summed E-state index contributed by atoms with van der Waals surface area (Å²) >= 11 is 1.36. The highest BCUT2D eigenvalue weighted by molar-refractivity contribution is 7.89. The summed E-state index contributed by atoms with van der Waals surface area (Å²) in [6.07, 6.45) is 2.75. The average Bonchev–Trinajstić information content (AvgIpc) is 3.12. The van der Waals surface area contributed by atoms with Crippen LogP contribution in [-0.2, 0) is 10.0 Å². The lowest BCUT2D eigenvalue weighted by atomic mass is 10.2. The zero-order valence-corrected chi connectivity index (χ0v) is 18.3. The smallest absolute Gasteiger partial charge is 0.282 e. The van der Waals surface area contributed by atoms with Gasteiger partial charge in [-0.15, -0.1) is 11.3 Å². The van der Waals surface area contributed by atoms with Crippen LogP contribution in [0.5, 0.6) is 0 Å². The highest BCUT2D eigenvalue weighted by Crippen LogP contribution is 2.21. The summed E-state index contributed by atoms with van der Waals surface area (Å²) in [5.41, 5.74) is 1.21. The molecule has 1 fully saturated rings. The highest BCUT2D eigenvalue weighted by atomic mass is 32.2. The summed E-state index contributed by atoms with van der Waals surface area (Å²) in [7, 11) is -3.56. The van der Waals surface area contributed by atoms with Gasteiger partial charge in [0.1, 0.15) is 5.69 Å². The molecule has 2 aromatic heterocycles. The van der Waals surface area contributed by atoms with E-state index in [1.54, 1.807) is 13.8 Å². The molecule has 30 heavy (non-hydrogen) atoms. The maximum Gasteiger partial charge on any atom is 0.282 e. The molecule has 0 atom stereocenters. The van der Waals surface area contributed by atoms with E-state index in [0.29, 0.717) is 23.7 Å². The lowest BCUT2D eigenvalue weighted by Gasteiger charge is -2.25.